The molecule has 0 saturated carbocycles. The number of rotatable bonds is 5. The Morgan fingerprint density at radius 2 is 2.12 bits per heavy atom. The van der Waals surface area contributed by atoms with Gasteiger partial charge in [-0.1, -0.05) is 6.92 Å². The van der Waals surface area contributed by atoms with Gasteiger partial charge < -0.3 is 19.5 Å². The lowest BCUT2D eigenvalue weighted by Gasteiger charge is -2.37. The quantitative estimate of drug-likeness (QED) is 0.601. The maximum absolute atomic E-state index is 14.9. The van der Waals surface area contributed by atoms with E-state index in [-0.39, 0.29) is 11.4 Å². The standard InChI is InChI=1S/C25H28FN5O2S/c1-25(15-31-22(32)3-2-19-24(31)23(25)18(26)12-29-19)14-30-6-4-16(5-7-30)27-11-17-10-20-21(13-28-17)34-9-8-33-20/h2-3,10,12-13,16,27H,4-9,11,14-15H2,1H3/t25-/m1/s1. The molecule has 178 valence electrons. The second kappa shape index (κ2) is 8.62. The molecular formula is C25H28FN5O2S. The van der Waals surface area contributed by atoms with Gasteiger partial charge in [0.1, 0.15) is 11.6 Å². The highest BCUT2D eigenvalue weighted by molar-refractivity contribution is 7.99. The van der Waals surface area contributed by atoms with Gasteiger partial charge in [0.05, 0.1) is 34.4 Å². The molecule has 0 aliphatic carbocycles. The number of hydrogen-bond donors (Lipinski definition) is 1. The van der Waals surface area contributed by atoms with Crippen LogP contribution in [0.4, 0.5) is 4.39 Å². The number of pyridine rings is 3. The van der Waals surface area contributed by atoms with Crippen molar-refractivity contribution in [3.63, 3.8) is 0 Å². The van der Waals surface area contributed by atoms with Crippen LogP contribution in [0.15, 0.2) is 40.3 Å². The van der Waals surface area contributed by atoms with Gasteiger partial charge in [-0.2, -0.15) is 0 Å². The third-order valence-corrected chi connectivity index (χ3v) is 8.27. The number of nitrogens with one attached hydrogen (secondary N) is 1. The molecule has 0 amide bonds. The van der Waals surface area contributed by atoms with Gasteiger partial charge in [0.15, 0.2) is 0 Å². The predicted octanol–water partition coefficient (Wildman–Crippen LogP) is 2.94. The minimum atomic E-state index is -0.454. The summed E-state index contributed by atoms with van der Waals surface area (Å²) < 4.78 is 22.4. The highest BCUT2D eigenvalue weighted by atomic mass is 32.2. The number of nitrogens with zero attached hydrogens (tertiary/aromatic N) is 4. The molecule has 3 aromatic rings. The van der Waals surface area contributed by atoms with Gasteiger partial charge in [0.25, 0.3) is 5.56 Å². The van der Waals surface area contributed by atoms with Crippen molar-refractivity contribution in [2.24, 2.45) is 0 Å². The number of likely N-dealkylation sites (tertiary alicyclic amines) is 1. The molecule has 9 heteroatoms. The zero-order valence-corrected chi connectivity index (χ0v) is 20.0. The number of aromatic nitrogens is 3. The number of fused-ring (bicyclic) bond motifs is 1. The second-order valence-corrected chi connectivity index (χ2v) is 10.9. The molecule has 1 N–H and O–H groups in total. The first kappa shape index (κ1) is 22.0. The molecule has 3 aliphatic heterocycles. The van der Waals surface area contributed by atoms with Crippen molar-refractivity contribution in [1.29, 1.82) is 0 Å². The highest BCUT2D eigenvalue weighted by Crippen LogP contribution is 2.39. The van der Waals surface area contributed by atoms with Crippen LogP contribution in [-0.2, 0) is 18.5 Å². The molecule has 3 aromatic heterocycles. The van der Waals surface area contributed by atoms with Crippen LogP contribution in [0, 0.1) is 5.82 Å². The monoisotopic (exact) mass is 481 g/mol. The predicted molar refractivity (Wildman–Crippen MR) is 130 cm³/mol. The molecule has 34 heavy (non-hydrogen) atoms. The van der Waals surface area contributed by atoms with E-state index in [1.807, 2.05) is 12.3 Å². The fourth-order valence-electron chi connectivity index (χ4n) is 5.65. The van der Waals surface area contributed by atoms with Gasteiger partial charge in [-0.15, -0.1) is 11.8 Å². The highest BCUT2D eigenvalue weighted by Gasteiger charge is 2.41. The summed E-state index contributed by atoms with van der Waals surface area (Å²) in [5.74, 6) is 1.61. The summed E-state index contributed by atoms with van der Waals surface area (Å²) in [6, 6.07) is 5.70. The van der Waals surface area contributed by atoms with Crippen LogP contribution in [0.2, 0.25) is 0 Å². The normalized spacial score (nSPS) is 22.6. The molecule has 0 spiro atoms. The molecule has 6 heterocycles. The van der Waals surface area contributed by atoms with Crippen molar-refractivity contribution in [3.8, 4) is 5.75 Å². The first-order valence-corrected chi connectivity index (χ1v) is 12.9. The Hall–Kier alpha value is -2.49. The molecule has 0 bridgehead atoms. The third-order valence-electron chi connectivity index (χ3n) is 7.28. The van der Waals surface area contributed by atoms with Crippen molar-refractivity contribution in [1.82, 2.24) is 24.8 Å². The zero-order chi connectivity index (χ0) is 23.3. The van der Waals surface area contributed by atoms with E-state index in [0.29, 0.717) is 29.2 Å². The fraction of sp³-hybridized carbons (Fsp3) is 0.480. The fourth-order valence-corrected chi connectivity index (χ4v) is 6.42. The van der Waals surface area contributed by atoms with Crippen LogP contribution >= 0.6 is 11.8 Å². The van der Waals surface area contributed by atoms with E-state index in [1.54, 1.807) is 22.4 Å². The lowest BCUT2D eigenvalue weighted by Crippen LogP contribution is -2.47. The van der Waals surface area contributed by atoms with Crippen LogP contribution in [-0.4, -0.2) is 57.5 Å². The molecule has 1 fully saturated rings. The van der Waals surface area contributed by atoms with Crippen molar-refractivity contribution in [3.05, 3.63) is 58.0 Å². The largest absolute Gasteiger partial charge is 0.491 e. The second-order valence-electron chi connectivity index (χ2n) is 9.78. The Morgan fingerprint density at radius 3 is 2.97 bits per heavy atom. The Bertz CT molecular complexity index is 1310. The average Bonchev–Trinajstić information content (AvgIpc) is 3.17. The summed E-state index contributed by atoms with van der Waals surface area (Å²) in [7, 11) is 0. The topological polar surface area (TPSA) is 72.3 Å². The summed E-state index contributed by atoms with van der Waals surface area (Å²) in [5.41, 5.74) is 2.43. The summed E-state index contributed by atoms with van der Waals surface area (Å²) >= 11 is 1.79. The summed E-state index contributed by atoms with van der Waals surface area (Å²) in [4.78, 5) is 24.8. The average molecular weight is 482 g/mol. The number of hydrogen-bond acceptors (Lipinski definition) is 7. The van der Waals surface area contributed by atoms with Crippen LogP contribution in [0.25, 0.3) is 11.0 Å². The van der Waals surface area contributed by atoms with E-state index in [9.17, 15) is 9.18 Å². The van der Waals surface area contributed by atoms with E-state index in [0.717, 1.165) is 67.7 Å². The van der Waals surface area contributed by atoms with Gasteiger partial charge in [0.2, 0.25) is 0 Å². The van der Waals surface area contributed by atoms with Crippen LogP contribution < -0.4 is 15.6 Å². The smallest absolute Gasteiger partial charge is 0.251 e. The van der Waals surface area contributed by atoms with Gasteiger partial charge in [-0.3, -0.25) is 14.8 Å². The SMILES string of the molecule is C[C@@]1(CN2CCC(NCc3cc4c(cn3)SCCO4)CC2)Cn2c(=O)ccc3ncc(F)c1c32. The van der Waals surface area contributed by atoms with E-state index in [2.05, 4.69) is 27.1 Å². The summed E-state index contributed by atoms with van der Waals surface area (Å²) in [6.45, 7) is 6.63. The Balaban J connectivity index is 1.09. The Kier molecular flexibility index (Phi) is 5.58. The molecule has 1 atom stereocenters. The van der Waals surface area contributed by atoms with Crippen molar-refractivity contribution in [2.45, 2.75) is 49.2 Å². The van der Waals surface area contributed by atoms with E-state index in [1.165, 1.54) is 12.3 Å². The third kappa shape index (κ3) is 3.89. The zero-order valence-electron chi connectivity index (χ0n) is 19.2. The van der Waals surface area contributed by atoms with Gasteiger partial charge in [-0.25, -0.2) is 4.39 Å². The molecule has 0 unspecified atom stereocenters. The molecule has 7 nitrogen and oxygen atoms in total. The molecule has 3 aliphatic rings. The molecule has 0 aromatic carbocycles. The lowest BCUT2D eigenvalue weighted by atomic mass is 9.83. The van der Waals surface area contributed by atoms with Crippen LogP contribution in [0.5, 0.6) is 5.75 Å². The first-order chi connectivity index (χ1) is 16.5. The minimum absolute atomic E-state index is 0.0902. The van der Waals surface area contributed by atoms with Gasteiger partial charge >= 0.3 is 0 Å². The number of piperidine rings is 1. The summed E-state index contributed by atoms with van der Waals surface area (Å²) in [5, 5.41) is 3.65. The number of thioether (sulfide) groups is 1. The molecule has 1 saturated heterocycles. The van der Waals surface area contributed by atoms with Crippen molar-refractivity contribution >= 4 is 22.8 Å². The lowest BCUT2D eigenvalue weighted by molar-refractivity contribution is 0.156. The van der Waals surface area contributed by atoms with E-state index in [4.69, 9.17) is 4.74 Å². The van der Waals surface area contributed by atoms with Crippen LogP contribution in [0.3, 0.4) is 0 Å². The summed E-state index contributed by atoms with van der Waals surface area (Å²) in [6.07, 6.45) is 5.26. The first-order valence-electron chi connectivity index (χ1n) is 11.9. The molecular weight excluding hydrogens is 453 g/mol. The van der Waals surface area contributed by atoms with Crippen LogP contribution in [0.1, 0.15) is 31.0 Å². The van der Waals surface area contributed by atoms with E-state index >= 15 is 0 Å². The van der Waals surface area contributed by atoms with E-state index < -0.39 is 5.41 Å². The maximum Gasteiger partial charge on any atom is 0.251 e. The Morgan fingerprint density at radius 1 is 1.26 bits per heavy atom. The van der Waals surface area contributed by atoms with Crippen molar-refractivity contribution in [2.75, 3.05) is 32.0 Å². The minimum Gasteiger partial charge on any atom is -0.491 e. The number of ether oxygens (including phenoxy) is 1. The maximum atomic E-state index is 14.9. The molecule has 6 rings (SSSR count). The van der Waals surface area contributed by atoms with Crippen molar-refractivity contribution < 1.29 is 9.13 Å². The molecule has 0 radical (unpaired) electrons. The van der Waals surface area contributed by atoms with Gasteiger partial charge in [0, 0.05) is 60.7 Å². The Labute approximate surface area is 201 Å². The number of halogens is 1. The van der Waals surface area contributed by atoms with Gasteiger partial charge in [-0.05, 0) is 32.0 Å².